The van der Waals surface area contributed by atoms with E-state index in [4.69, 9.17) is 4.74 Å². The van der Waals surface area contributed by atoms with E-state index in [1.165, 1.54) is 5.56 Å². The van der Waals surface area contributed by atoms with Crippen LogP contribution >= 0.6 is 0 Å². The molecule has 0 amide bonds. The van der Waals surface area contributed by atoms with E-state index in [-0.39, 0.29) is 6.10 Å². The highest BCUT2D eigenvalue weighted by molar-refractivity contribution is 5.79. The van der Waals surface area contributed by atoms with Crippen molar-refractivity contribution in [2.24, 2.45) is 12.0 Å². The summed E-state index contributed by atoms with van der Waals surface area (Å²) < 4.78 is 7.69. The minimum Gasteiger partial charge on any atom is -0.489 e. The number of aromatic nitrogens is 3. The van der Waals surface area contributed by atoms with Crippen molar-refractivity contribution in [2.75, 3.05) is 20.6 Å². The zero-order chi connectivity index (χ0) is 17.5. The molecule has 1 unspecified atom stereocenters. The van der Waals surface area contributed by atoms with Gasteiger partial charge in [0.1, 0.15) is 24.0 Å². The predicted molar refractivity (Wildman–Crippen MR) is 95.1 cm³/mol. The monoisotopic (exact) mass is 330 g/mol. The minimum absolute atomic E-state index is 0.0202. The van der Waals surface area contributed by atoms with E-state index < -0.39 is 0 Å². The molecular weight excluding hydrogens is 304 g/mol. The summed E-state index contributed by atoms with van der Waals surface area (Å²) in [5.74, 6) is 2.55. The molecule has 1 aromatic heterocycles. The van der Waals surface area contributed by atoms with E-state index in [1.807, 2.05) is 44.1 Å². The number of benzene rings is 1. The number of aliphatic imine (C=N–C) groups is 1. The fraction of sp³-hybridized carbons (Fsp3) is 0.471. The van der Waals surface area contributed by atoms with E-state index in [9.17, 15) is 0 Å². The second-order valence-electron chi connectivity index (χ2n) is 5.83. The lowest BCUT2D eigenvalue weighted by atomic mass is 10.2. The molecule has 0 spiro atoms. The van der Waals surface area contributed by atoms with Crippen LogP contribution in [0.3, 0.4) is 0 Å². The molecule has 0 bridgehead atoms. The van der Waals surface area contributed by atoms with Gasteiger partial charge in [0.05, 0.1) is 13.1 Å². The second kappa shape index (κ2) is 8.33. The smallest absolute Gasteiger partial charge is 0.193 e. The fourth-order valence-electron chi connectivity index (χ4n) is 2.33. The standard InChI is InChI=1S/C17H26N6O/c1-13-7-6-8-15(9-13)24-14(2)10-19-17(18-3)22(4)11-16-20-12-21-23(16)5/h6-9,12,14H,10-11H2,1-5H3,(H,18,19). The maximum atomic E-state index is 5.93. The number of nitrogens with zero attached hydrogens (tertiary/aromatic N) is 5. The molecule has 0 aliphatic carbocycles. The summed E-state index contributed by atoms with van der Waals surface area (Å²) in [6.45, 7) is 5.37. The van der Waals surface area contributed by atoms with Crippen LogP contribution in [0.1, 0.15) is 18.3 Å². The molecule has 2 rings (SSSR count). The number of guanidine groups is 1. The van der Waals surface area contributed by atoms with Crippen molar-refractivity contribution in [3.63, 3.8) is 0 Å². The van der Waals surface area contributed by atoms with Gasteiger partial charge in [-0.05, 0) is 31.5 Å². The first kappa shape index (κ1) is 17.8. The molecule has 1 heterocycles. The first-order valence-corrected chi connectivity index (χ1v) is 7.97. The largest absolute Gasteiger partial charge is 0.489 e. The number of hydrogen-bond donors (Lipinski definition) is 1. The van der Waals surface area contributed by atoms with Crippen LogP contribution in [0.4, 0.5) is 0 Å². The van der Waals surface area contributed by atoms with E-state index in [1.54, 1.807) is 18.1 Å². The summed E-state index contributed by atoms with van der Waals surface area (Å²) in [7, 11) is 5.61. The normalized spacial score (nSPS) is 12.8. The number of nitrogens with one attached hydrogen (secondary N) is 1. The first-order valence-electron chi connectivity index (χ1n) is 7.97. The van der Waals surface area contributed by atoms with Gasteiger partial charge in [-0.3, -0.25) is 9.67 Å². The quantitative estimate of drug-likeness (QED) is 0.644. The van der Waals surface area contributed by atoms with Crippen LogP contribution in [0, 0.1) is 6.92 Å². The Morgan fingerprint density at radius 3 is 2.88 bits per heavy atom. The summed E-state index contributed by atoms with van der Waals surface area (Å²) in [6.07, 6.45) is 1.57. The topological polar surface area (TPSA) is 67.6 Å². The molecule has 1 atom stereocenters. The molecular formula is C17H26N6O. The lowest BCUT2D eigenvalue weighted by molar-refractivity contribution is 0.222. The Bertz CT molecular complexity index is 681. The lowest BCUT2D eigenvalue weighted by Gasteiger charge is -2.23. The average Bonchev–Trinajstić information content (AvgIpc) is 2.93. The molecule has 0 aliphatic rings. The van der Waals surface area contributed by atoms with Crippen molar-refractivity contribution in [1.82, 2.24) is 25.0 Å². The van der Waals surface area contributed by atoms with Crippen LogP contribution in [0.25, 0.3) is 0 Å². The highest BCUT2D eigenvalue weighted by Gasteiger charge is 2.12. The highest BCUT2D eigenvalue weighted by atomic mass is 16.5. The molecule has 24 heavy (non-hydrogen) atoms. The molecule has 1 N–H and O–H groups in total. The summed E-state index contributed by atoms with van der Waals surface area (Å²) >= 11 is 0. The average molecular weight is 330 g/mol. The van der Waals surface area contributed by atoms with Crippen molar-refractivity contribution in [3.8, 4) is 5.75 Å². The molecule has 1 aromatic carbocycles. The van der Waals surface area contributed by atoms with Crippen molar-refractivity contribution in [2.45, 2.75) is 26.5 Å². The molecule has 7 nitrogen and oxygen atoms in total. The van der Waals surface area contributed by atoms with Crippen LogP contribution in [0.2, 0.25) is 0 Å². The summed E-state index contributed by atoms with van der Waals surface area (Å²) in [5.41, 5.74) is 1.19. The third kappa shape index (κ3) is 4.97. The van der Waals surface area contributed by atoms with E-state index in [0.717, 1.165) is 17.5 Å². The van der Waals surface area contributed by atoms with Gasteiger partial charge in [-0.2, -0.15) is 5.10 Å². The van der Waals surface area contributed by atoms with Crippen LogP contribution in [0.15, 0.2) is 35.6 Å². The Hall–Kier alpha value is -2.57. The zero-order valence-electron chi connectivity index (χ0n) is 15.0. The predicted octanol–water partition coefficient (Wildman–Crippen LogP) is 1.60. The fourth-order valence-corrected chi connectivity index (χ4v) is 2.33. The maximum absolute atomic E-state index is 5.93. The van der Waals surface area contributed by atoms with Gasteiger partial charge in [0, 0.05) is 21.1 Å². The van der Waals surface area contributed by atoms with Crippen LogP contribution in [-0.2, 0) is 13.6 Å². The van der Waals surface area contributed by atoms with Crippen molar-refractivity contribution >= 4 is 5.96 Å². The molecule has 2 aromatic rings. The summed E-state index contributed by atoms with van der Waals surface area (Å²) in [4.78, 5) is 10.5. The summed E-state index contributed by atoms with van der Waals surface area (Å²) in [6, 6.07) is 8.06. The molecule has 0 radical (unpaired) electrons. The molecule has 7 heteroatoms. The van der Waals surface area contributed by atoms with Crippen molar-refractivity contribution in [1.29, 1.82) is 0 Å². The highest BCUT2D eigenvalue weighted by Crippen LogP contribution is 2.13. The van der Waals surface area contributed by atoms with E-state index in [2.05, 4.69) is 33.4 Å². The SMILES string of the molecule is CN=C(NCC(C)Oc1cccc(C)c1)N(C)Cc1ncnn1C. The maximum Gasteiger partial charge on any atom is 0.193 e. The van der Waals surface area contributed by atoms with Gasteiger partial charge in [-0.15, -0.1) is 0 Å². The Balaban J connectivity index is 1.85. The number of aryl methyl sites for hydroxylation is 2. The Kier molecular flexibility index (Phi) is 6.17. The molecule has 0 saturated carbocycles. The van der Waals surface area contributed by atoms with Gasteiger partial charge in [0.25, 0.3) is 0 Å². The van der Waals surface area contributed by atoms with Crippen LogP contribution in [0.5, 0.6) is 5.75 Å². The van der Waals surface area contributed by atoms with Crippen molar-refractivity contribution in [3.05, 3.63) is 42.0 Å². The second-order valence-corrected chi connectivity index (χ2v) is 5.83. The van der Waals surface area contributed by atoms with Gasteiger partial charge in [-0.25, -0.2) is 4.98 Å². The van der Waals surface area contributed by atoms with Crippen LogP contribution in [-0.4, -0.2) is 52.4 Å². The third-order valence-electron chi connectivity index (χ3n) is 3.63. The van der Waals surface area contributed by atoms with Gasteiger partial charge >= 0.3 is 0 Å². The van der Waals surface area contributed by atoms with Gasteiger partial charge in [0.15, 0.2) is 5.96 Å². The molecule has 0 aliphatic heterocycles. The van der Waals surface area contributed by atoms with Gasteiger partial charge < -0.3 is 15.0 Å². The number of rotatable bonds is 6. The van der Waals surface area contributed by atoms with Gasteiger partial charge in [0.2, 0.25) is 0 Å². The van der Waals surface area contributed by atoms with E-state index >= 15 is 0 Å². The van der Waals surface area contributed by atoms with Crippen molar-refractivity contribution < 1.29 is 4.74 Å². The lowest BCUT2D eigenvalue weighted by Crippen LogP contribution is -2.42. The van der Waals surface area contributed by atoms with E-state index in [0.29, 0.717) is 13.1 Å². The van der Waals surface area contributed by atoms with Crippen LogP contribution < -0.4 is 10.1 Å². The first-order chi connectivity index (χ1) is 11.5. The third-order valence-corrected chi connectivity index (χ3v) is 3.63. The Labute approximate surface area is 143 Å². The molecule has 0 fully saturated rings. The zero-order valence-corrected chi connectivity index (χ0v) is 15.0. The Morgan fingerprint density at radius 1 is 1.46 bits per heavy atom. The Morgan fingerprint density at radius 2 is 2.25 bits per heavy atom. The summed E-state index contributed by atoms with van der Waals surface area (Å²) in [5, 5.41) is 7.41. The minimum atomic E-state index is 0.0202. The molecule has 0 saturated heterocycles. The number of hydrogen-bond acceptors (Lipinski definition) is 4. The molecule has 130 valence electrons. The number of ether oxygens (including phenoxy) is 1. The van der Waals surface area contributed by atoms with Gasteiger partial charge in [-0.1, -0.05) is 12.1 Å².